The largest absolute Gasteiger partial charge is 0.0690 e. The van der Waals surface area contributed by atoms with Crippen molar-refractivity contribution >= 4 is 8.07 Å². The summed E-state index contributed by atoms with van der Waals surface area (Å²) in [6.45, 7) is 19.3. The number of hydrogen-bond acceptors (Lipinski definition) is 0. The molecule has 0 aromatic carbocycles. The molecule has 0 fully saturated rings. The van der Waals surface area contributed by atoms with Crippen molar-refractivity contribution in [1.82, 2.24) is 0 Å². The summed E-state index contributed by atoms with van der Waals surface area (Å²) in [4.78, 5) is 0. The first-order chi connectivity index (χ1) is 4.96. The topological polar surface area (TPSA) is 0 Å². The molecule has 0 nitrogen and oxygen atoms in total. The Balaban J connectivity index is 4.44. The maximum atomic E-state index is 2.51. The van der Waals surface area contributed by atoms with Crippen molar-refractivity contribution < 1.29 is 0 Å². The predicted molar refractivity (Wildman–Crippen MR) is 61.5 cm³/mol. The number of rotatable bonds is 1. The Hall–Kier alpha value is 0.217. The van der Waals surface area contributed by atoms with Crippen LogP contribution in [-0.4, -0.2) is 8.07 Å². The van der Waals surface area contributed by atoms with Crippen LogP contribution in [0.5, 0.6) is 0 Å². The average Bonchev–Trinajstić information content (AvgIpc) is 1.52. The summed E-state index contributed by atoms with van der Waals surface area (Å²) in [6.07, 6.45) is 0. The summed E-state index contributed by atoms with van der Waals surface area (Å²) in [5.41, 5.74) is 0.503. The molecule has 0 atom stereocenters. The minimum absolute atomic E-state index is 0.503. The smallest absolute Gasteiger partial charge is 0.0532 e. The van der Waals surface area contributed by atoms with Gasteiger partial charge in [0.1, 0.15) is 0 Å². The van der Waals surface area contributed by atoms with Gasteiger partial charge in [-0.15, -0.1) is 0 Å². The second kappa shape index (κ2) is 3.17. The molecule has 0 radical (unpaired) electrons. The van der Waals surface area contributed by atoms with Crippen LogP contribution in [0.25, 0.3) is 0 Å². The van der Waals surface area contributed by atoms with E-state index in [1.807, 2.05) is 0 Å². The molecule has 0 heterocycles. The van der Waals surface area contributed by atoms with Gasteiger partial charge in [-0.2, -0.15) is 0 Å². The van der Waals surface area contributed by atoms with E-state index in [0.717, 1.165) is 0 Å². The summed E-state index contributed by atoms with van der Waals surface area (Å²) < 4.78 is 0. The van der Waals surface area contributed by atoms with Gasteiger partial charge in [-0.3, -0.25) is 0 Å². The zero-order valence-corrected chi connectivity index (χ0v) is 11.2. The lowest BCUT2D eigenvalue weighted by atomic mass is 10.0. The minimum atomic E-state index is -1.04. The standard InChI is InChI=1S/C11H26Si/c1-10(2,3)9-12(7,8)11(4,5)6/h9H2,1-8H3. The van der Waals surface area contributed by atoms with Gasteiger partial charge in [-0.25, -0.2) is 0 Å². The Kier molecular flexibility index (Phi) is 3.23. The molecular weight excluding hydrogens is 160 g/mol. The maximum Gasteiger partial charge on any atom is 0.0532 e. The molecule has 0 saturated carbocycles. The third kappa shape index (κ3) is 3.75. The summed E-state index contributed by atoms with van der Waals surface area (Å²) in [7, 11) is -1.04. The fraction of sp³-hybridized carbons (Fsp3) is 1.00. The molecule has 1 heteroatoms. The Morgan fingerprint density at radius 3 is 1.25 bits per heavy atom. The Labute approximate surface area is 79.8 Å². The van der Waals surface area contributed by atoms with Crippen LogP contribution in [0.3, 0.4) is 0 Å². The van der Waals surface area contributed by atoms with Gasteiger partial charge in [0.25, 0.3) is 0 Å². The highest BCUT2D eigenvalue weighted by Crippen LogP contribution is 2.43. The van der Waals surface area contributed by atoms with Crippen LogP contribution in [0.1, 0.15) is 41.5 Å². The molecule has 0 spiro atoms. The van der Waals surface area contributed by atoms with Gasteiger partial charge in [0.15, 0.2) is 0 Å². The summed E-state index contributed by atoms with van der Waals surface area (Å²) in [5.74, 6) is 0. The van der Waals surface area contributed by atoms with Crippen LogP contribution >= 0.6 is 0 Å². The first-order valence-corrected chi connectivity index (χ1v) is 8.16. The second-order valence-corrected chi connectivity index (χ2v) is 12.5. The molecule has 0 bridgehead atoms. The van der Waals surface area contributed by atoms with Crippen LogP contribution in [0, 0.1) is 5.41 Å². The molecule has 0 aliphatic rings. The van der Waals surface area contributed by atoms with Gasteiger partial charge in [0.05, 0.1) is 8.07 Å². The van der Waals surface area contributed by atoms with E-state index in [9.17, 15) is 0 Å². The second-order valence-electron chi connectivity index (χ2n) is 6.87. The molecule has 0 amide bonds. The quantitative estimate of drug-likeness (QED) is 0.527. The molecule has 12 heavy (non-hydrogen) atoms. The van der Waals surface area contributed by atoms with E-state index in [4.69, 9.17) is 0 Å². The lowest BCUT2D eigenvalue weighted by Gasteiger charge is -2.41. The normalized spacial score (nSPS) is 15.0. The Morgan fingerprint density at radius 1 is 0.833 bits per heavy atom. The van der Waals surface area contributed by atoms with Crippen LogP contribution in [0.15, 0.2) is 0 Å². The zero-order chi connectivity index (χ0) is 10.2. The van der Waals surface area contributed by atoms with Crippen LogP contribution in [-0.2, 0) is 0 Å². The van der Waals surface area contributed by atoms with Crippen molar-refractivity contribution in [1.29, 1.82) is 0 Å². The Morgan fingerprint density at radius 2 is 1.17 bits per heavy atom. The maximum absolute atomic E-state index is 2.51. The highest BCUT2D eigenvalue weighted by molar-refractivity contribution is 6.80. The van der Waals surface area contributed by atoms with Crippen molar-refractivity contribution in [2.75, 3.05) is 0 Å². The van der Waals surface area contributed by atoms with Gasteiger partial charge < -0.3 is 0 Å². The predicted octanol–water partition coefficient (Wildman–Crippen LogP) is 4.54. The fourth-order valence-corrected chi connectivity index (χ4v) is 4.77. The first kappa shape index (κ1) is 12.2. The van der Waals surface area contributed by atoms with E-state index in [-0.39, 0.29) is 0 Å². The van der Waals surface area contributed by atoms with Crippen LogP contribution in [0.4, 0.5) is 0 Å². The van der Waals surface area contributed by atoms with Crippen molar-refractivity contribution in [3.05, 3.63) is 0 Å². The monoisotopic (exact) mass is 186 g/mol. The van der Waals surface area contributed by atoms with E-state index in [1.165, 1.54) is 6.04 Å². The summed E-state index contributed by atoms with van der Waals surface area (Å²) in [5, 5.41) is 0.542. The Bertz CT molecular complexity index is 143. The molecule has 0 aromatic heterocycles. The van der Waals surface area contributed by atoms with Gasteiger partial charge in [0.2, 0.25) is 0 Å². The van der Waals surface area contributed by atoms with Gasteiger partial charge in [0, 0.05) is 0 Å². The lowest BCUT2D eigenvalue weighted by molar-refractivity contribution is 0.452. The highest BCUT2D eigenvalue weighted by atomic mass is 28.3. The third-order valence-electron chi connectivity index (χ3n) is 3.00. The van der Waals surface area contributed by atoms with Gasteiger partial charge in [-0.1, -0.05) is 60.7 Å². The third-order valence-corrected chi connectivity index (χ3v) is 9.01. The molecule has 0 aliphatic heterocycles. The van der Waals surface area contributed by atoms with Crippen molar-refractivity contribution in [2.24, 2.45) is 5.41 Å². The van der Waals surface area contributed by atoms with E-state index in [1.54, 1.807) is 0 Å². The summed E-state index contributed by atoms with van der Waals surface area (Å²) in [6, 6.07) is 1.42. The van der Waals surface area contributed by atoms with Crippen LogP contribution in [0.2, 0.25) is 24.2 Å². The zero-order valence-electron chi connectivity index (χ0n) is 10.2. The minimum Gasteiger partial charge on any atom is -0.0690 e. The van der Waals surface area contributed by atoms with Gasteiger partial charge >= 0.3 is 0 Å². The first-order valence-electron chi connectivity index (χ1n) is 4.96. The number of hydrogen-bond donors (Lipinski definition) is 0. The summed E-state index contributed by atoms with van der Waals surface area (Å²) >= 11 is 0. The molecule has 0 aromatic rings. The molecule has 0 aliphatic carbocycles. The van der Waals surface area contributed by atoms with E-state index in [2.05, 4.69) is 54.6 Å². The molecular formula is C11H26Si. The molecule has 0 N–H and O–H groups in total. The molecule has 74 valence electrons. The molecule has 0 rings (SSSR count). The van der Waals surface area contributed by atoms with Crippen molar-refractivity contribution in [2.45, 2.75) is 65.7 Å². The van der Waals surface area contributed by atoms with Crippen molar-refractivity contribution in [3.8, 4) is 0 Å². The SMILES string of the molecule is CC(C)(C)C[Si](C)(C)C(C)(C)C. The van der Waals surface area contributed by atoms with E-state index < -0.39 is 8.07 Å². The highest BCUT2D eigenvalue weighted by Gasteiger charge is 2.37. The van der Waals surface area contributed by atoms with Crippen LogP contribution < -0.4 is 0 Å². The van der Waals surface area contributed by atoms with Crippen molar-refractivity contribution in [3.63, 3.8) is 0 Å². The average molecular weight is 186 g/mol. The lowest BCUT2D eigenvalue weighted by Crippen LogP contribution is -2.40. The van der Waals surface area contributed by atoms with Gasteiger partial charge in [-0.05, 0) is 10.5 Å². The van der Waals surface area contributed by atoms with E-state index in [0.29, 0.717) is 10.5 Å². The molecule has 0 saturated heterocycles. The fourth-order valence-electron chi connectivity index (χ4n) is 1.59. The van der Waals surface area contributed by atoms with E-state index >= 15 is 0 Å². The molecule has 0 unspecified atom stereocenters.